The summed E-state index contributed by atoms with van der Waals surface area (Å²) in [6, 6.07) is 13.6. The summed E-state index contributed by atoms with van der Waals surface area (Å²) in [7, 11) is 1.25. The lowest BCUT2D eigenvalue weighted by atomic mass is 9.96. The number of benzene rings is 2. The number of amides is 3. The molecule has 1 fully saturated rings. The number of nitrogens with zero attached hydrogens (tertiary/aromatic N) is 2. The highest BCUT2D eigenvalue weighted by Gasteiger charge is 2.45. The predicted molar refractivity (Wildman–Crippen MR) is 114 cm³/mol. The van der Waals surface area contributed by atoms with Gasteiger partial charge in [0.25, 0.3) is 11.8 Å². The zero-order valence-corrected chi connectivity index (χ0v) is 18.1. The van der Waals surface area contributed by atoms with E-state index in [2.05, 4.69) is 0 Å². The Morgan fingerprint density at radius 1 is 0.938 bits per heavy atom. The Kier molecular flexibility index (Phi) is 5.69. The van der Waals surface area contributed by atoms with Gasteiger partial charge in [-0.05, 0) is 28.2 Å². The molecular weight excluding hydrogens is 412 g/mol. The maximum absolute atomic E-state index is 13.3. The van der Waals surface area contributed by atoms with Crippen molar-refractivity contribution < 1.29 is 28.8 Å². The molecule has 1 saturated heterocycles. The van der Waals surface area contributed by atoms with Crippen molar-refractivity contribution in [1.82, 2.24) is 9.96 Å². The Morgan fingerprint density at radius 2 is 1.44 bits per heavy atom. The summed E-state index contributed by atoms with van der Waals surface area (Å²) in [4.78, 5) is 56.9. The second-order valence-electron chi connectivity index (χ2n) is 8.14. The number of rotatable bonds is 5. The molecule has 0 saturated carbocycles. The Bertz CT molecular complexity index is 1030. The van der Waals surface area contributed by atoms with Crippen LogP contribution in [0.4, 0.5) is 4.79 Å². The molecule has 166 valence electrons. The third kappa shape index (κ3) is 3.51. The van der Waals surface area contributed by atoms with Crippen LogP contribution in [0.25, 0.3) is 11.1 Å². The van der Waals surface area contributed by atoms with Crippen molar-refractivity contribution >= 4 is 23.9 Å². The molecular formula is C24H24N2O6. The average molecular weight is 436 g/mol. The van der Waals surface area contributed by atoms with Crippen molar-refractivity contribution in [2.75, 3.05) is 7.11 Å². The number of hydroxylamine groups is 2. The second kappa shape index (κ2) is 8.45. The number of methoxy groups -OCH3 is 1. The largest absolute Gasteiger partial charge is 0.453 e. The topological polar surface area (TPSA) is 93.2 Å². The highest BCUT2D eigenvalue weighted by molar-refractivity contribution is 6.02. The SMILES string of the molecule is COC(=O)N(C1c2ccccc2-c2ccccc21)C(C(=O)ON1C(=O)CCC1=O)C(C)C. The molecule has 0 bridgehead atoms. The van der Waals surface area contributed by atoms with E-state index in [-0.39, 0.29) is 12.8 Å². The normalized spacial score (nSPS) is 16.1. The van der Waals surface area contributed by atoms with Gasteiger partial charge >= 0.3 is 12.1 Å². The molecule has 2 aromatic carbocycles. The predicted octanol–water partition coefficient (Wildman–Crippen LogP) is 3.46. The fourth-order valence-electron chi connectivity index (χ4n) is 4.42. The number of carbonyl (C=O) groups is 4. The molecule has 2 aromatic rings. The Labute approximate surface area is 185 Å². The molecule has 0 spiro atoms. The van der Waals surface area contributed by atoms with Crippen molar-refractivity contribution in [2.45, 2.75) is 38.8 Å². The highest BCUT2D eigenvalue weighted by atomic mass is 16.7. The van der Waals surface area contributed by atoms with Crippen molar-refractivity contribution in [1.29, 1.82) is 0 Å². The van der Waals surface area contributed by atoms with Crippen LogP contribution in [-0.2, 0) is 24.0 Å². The summed E-state index contributed by atoms with van der Waals surface area (Å²) in [5, 5.41) is 0.504. The van der Waals surface area contributed by atoms with E-state index >= 15 is 0 Å². The summed E-state index contributed by atoms with van der Waals surface area (Å²) in [6.45, 7) is 3.53. The Balaban J connectivity index is 1.79. The lowest BCUT2D eigenvalue weighted by Gasteiger charge is -2.37. The van der Waals surface area contributed by atoms with Crippen LogP contribution in [0, 0.1) is 5.92 Å². The first kappa shape index (κ1) is 21.5. The summed E-state index contributed by atoms with van der Waals surface area (Å²) >= 11 is 0. The zero-order valence-electron chi connectivity index (χ0n) is 18.1. The van der Waals surface area contributed by atoms with Crippen molar-refractivity contribution in [3.63, 3.8) is 0 Å². The van der Waals surface area contributed by atoms with E-state index in [0.29, 0.717) is 5.06 Å². The molecule has 32 heavy (non-hydrogen) atoms. The van der Waals surface area contributed by atoms with Gasteiger partial charge in [0.05, 0.1) is 13.2 Å². The van der Waals surface area contributed by atoms with Gasteiger partial charge in [-0.15, -0.1) is 5.06 Å². The Hall–Kier alpha value is -3.68. The maximum atomic E-state index is 13.3. The fraction of sp³-hybridized carbons (Fsp3) is 0.333. The van der Waals surface area contributed by atoms with Crippen LogP contribution in [0.15, 0.2) is 48.5 Å². The van der Waals surface area contributed by atoms with E-state index in [1.54, 1.807) is 13.8 Å². The van der Waals surface area contributed by atoms with Crippen LogP contribution in [0.5, 0.6) is 0 Å². The smallest absolute Gasteiger partial charge is 0.411 e. The number of ether oxygens (including phenoxy) is 1. The van der Waals surface area contributed by atoms with Crippen molar-refractivity contribution in [3.8, 4) is 11.1 Å². The molecule has 8 heteroatoms. The maximum Gasteiger partial charge on any atom is 0.411 e. The quantitative estimate of drug-likeness (QED) is 0.667. The molecule has 1 aliphatic heterocycles. The molecule has 0 N–H and O–H groups in total. The van der Waals surface area contributed by atoms with Crippen molar-refractivity contribution in [2.24, 2.45) is 5.92 Å². The molecule has 3 amide bonds. The minimum atomic E-state index is -1.10. The highest BCUT2D eigenvalue weighted by Crippen LogP contribution is 2.47. The van der Waals surface area contributed by atoms with Gasteiger partial charge in [-0.1, -0.05) is 62.4 Å². The van der Waals surface area contributed by atoms with E-state index in [4.69, 9.17) is 9.57 Å². The zero-order chi connectivity index (χ0) is 23.0. The van der Waals surface area contributed by atoms with Gasteiger partial charge in [-0.3, -0.25) is 14.5 Å². The van der Waals surface area contributed by atoms with Gasteiger partial charge in [0.15, 0.2) is 0 Å². The summed E-state index contributed by atoms with van der Waals surface area (Å²) < 4.78 is 5.08. The van der Waals surface area contributed by atoms with E-state index in [1.807, 2.05) is 48.5 Å². The lowest BCUT2D eigenvalue weighted by Crippen LogP contribution is -2.52. The van der Waals surface area contributed by atoms with Gasteiger partial charge in [0.1, 0.15) is 6.04 Å². The summed E-state index contributed by atoms with van der Waals surface area (Å²) in [5.74, 6) is -2.41. The molecule has 0 aromatic heterocycles. The van der Waals surface area contributed by atoms with Gasteiger partial charge in [0.2, 0.25) is 0 Å². The molecule has 1 aliphatic carbocycles. The molecule has 2 aliphatic rings. The molecule has 0 radical (unpaired) electrons. The van der Waals surface area contributed by atoms with Crippen LogP contribution >= 0.6 is 0 Å². The fourth-order valence-corrected chi connectivity index (χ4v) is 4.42. The Morgan fingerprint density at radius 3 is 1.91 bits per heavy atom. The van der Waals surface area contributed by atoms with Gasteiger partial charge in [-0.25, -0.2) is 9.59 Å². The molecule has 1 heterocycles. The standard InChI is InChI=1S/C24H24N2O6/c1-14(2)21(23(29)32-26-19(27)12-13-20(26)28)25(24(30)31-3)22-17-10-6-4-8-15(17)16-9-5-7-11-18(16)22/h4-11,14,21-22H,12-13H2,1-3H3. The summed E-state index contributed by atoms with van der Waals surface area (Å²) in [6.07, 6.45) is -0.735. The number of carbonyl (C=O) groups excluding carboxylic acids is 4. The van der Waals surface area contributed by atoms with E-state index in [9.17, 15) is 19.2 Å². The van der Waals surface area contributed by atoms with Gasteiger partial charge < -0.3 is 9.57 Å². The molecule has 1 unspecified atom stereocenters. The van der Waals surface area contributed by atoms with E-state index < -0.39 is 41.9 Å². The third-order valence-electron chi connectivity index (χ3n) is 5.82. The first-order valence-corrected chi connectivity index (χ1v) is 10.5. The second-order valence-corrected chi connectivity index (χ2v) is 8.14. The number of imide groups is 1. The molecule has 8 nitrogen and oxygen atoms in total. The van der Waals surface area contributed by atoms with E-state index in [1.165, 1.54) is 12.0 Å². The van der Waals surface area contributed by atoms with Crippen molar-refractivity contribution in [3.05, 3.63) is 59.7 Å². The van der Waals surface area contributed by atoms with Crippen LogP contribution in [-0.4, -0.2) is 47.0 Å². The minimum absolute atomic E-state index is 0.0114. The molecule has 4 rings (SSSR count). The van der Waals surface area contributed by atoms with Crippen LogP contribution in [0.1, 0.15) is 43.9 Å². The summed E-state index contributed by atoms with van der Waals surface area (Å²) in [5.41, 5.74) is 3.63. The lowest BCUT2D eigenvalue weighted by molar-refractivity contribution is -0.202. The number of fused-ring (bicyclic) bond motifs is 3. The van der Waals surface area contributed by atoms with Gasteiger partial charge in [0, 0.05) is 12.8 Å². The third-order valence-corrected chi connectivity index (χ3v) is 5.82. The first-order valence-electron chi connectivity index (χ1n) is 10.5. The number of hydrogen-bond acceptors (Lipinski definition) is 6. The minimum Gasteiger partial charge on any atom is -0.453 e. The van der Waals surface area contributed by atoms with Gasteiger partial charge in [-0.2, -0.15) is 0 Å². The number of hydrogen-bond donors (Lipinski definition) is 0. The average Bonchev–Trinajstić information content (AvgIpc) is 3.28. The van der Waals surface area contributed by atoms with Crippen LogP contribution in [0.2, 0.25) is 0 Å². The van der Waals surface area contributed by atoms with Crippen LogP contribution in [0.3, 0.4) is 0 Å². The van der Waals surface area contributed by atoms with Crippen LogP contribution < -0.4 is 0 Å². The first-order chi connectivity index (χ1) is 15.3. The molecule has 1 atom stereocenters. The van der Waals surface area contributed by atoms with E-state index in [0.717, 1.165) is 22.3 Å². The monoisotopic (exact) mass is 436 g/mol.